The van der Waals surface area contributed by atoms with Gasteiger partial charge in [0, 0.05) is 24.2 Å². The zero-order valence-electron chi connectivity index (χ0n) is 15.7. The molecular formula is C22H22N4O2. The minimum Gasteiger partial charge on any atom is -0.360 e. The maximum atomic E-state index is 11.6. The zero-order chi connectivity index (χ0) is 19.1. The van der Waals surface area contributed by atoms with Gasteiger partial charge in [0.15, 0.2) is 5.76 Å². The highest BCUT2D eigenvalue weighted by atomic mass is 16.5. The molecule has 2 aromatic carbocycles. The van der Waals surface area contributed by atoms with Crippen LogP contribution < -0.4 is 10.6 Å². The predicted molar refractivity (Wildman–Crippen MR) is 108 cm³/mol. The van der Waals surface area contributed by atoms with E-state index < -0.39 is 0 Å². The number of aryl methyl sites for hydroxylation is 1. The molecule has 0 bridgehead atoms. The van der Waals surface area contributed by atoms with Crippen molar-refractivity contribution in [2.75, 3.05) is 4.90 Å². The smallest absolute Gasteiger partial charge is 0.323 e. The van der Waals surface area contributed by atoms with Crippen molar-refractivity contribution in [1.82, 2.24) is 15.1 Å². The van der Waals surface area contributed by atoms with Gasteiger partial charge in [0.05, 0.1) is 23.3 Å². The number of nitrogens with one attached hydrogen (secondary N) is 2. The lowest BCUT2D eigenvalue weighted by molar-refractivity contribution is 0.375. The van der Waals surface area contributed by atoms with Crippen LogP contribution in [0.4, 0.5) is 5.69 Å². The third-order valence-corrected chi connectivity index (χ3v) is 5.41. The number of aromatic nitrogens is 3. The van der Waals surface area contributed by atoms with E-state index in [0.717, 1.165) is 34.7 Å². The van der Waals surface area contributed by atoms with E-state index in [0.29, 0.717) is 12.5 Å². The fourth-order valence-corrected chi connectivity index (χ4v) is 3.61. The second-order valence-corrected chi connectivity index (χ2v) is 7.58. The fraction of sp³-hybridized carbons (Fsp3) is 0.273. The lowest BCUT2D eigenvalue weighted by Gasteiger charge is -2.24. The van der Waals surface area contributed by atoms with E-state index in [9.17, 15) is 4.79 Å². The van der Waals surface area contributed by atoms with Crippen LogP contribution in [0, 0.1) is 6.92 Å². The molecule has 0 saturated heterocycles. The van der Waals surface area contributed by atoms with E-state index in [4.69, 9.17) is 4.52 Å². The Hall–Kier alpha value is -3.28. The topological polar surface area (TPSA) is 77.9 Å². The van der Waals surface area contributed by atoms with Gasteiger partial charge < -0.3 is 19.4 Å². The molecule has 1 saturated carbocycles. The summed E-state index contributed by atoms with van der Waals surface area (Å²) >= 11 is 0. The maximum Gasteiger partial charge on any atom is 0.323 e. The molecule has 6 heteroatoms. The molecule has 1 aliphatic rings. The molecule has 2 heterocycles. The average Bonchev–Trinajstić information content (AvgIpc) is 3.31. The molecule has 2 aromatic heterocycles. The number of imidazole rings is 1. The summed E-state index contributed by atoms with van der Waals surface area (Å²) in [6, 6.07) is 16.4. The summed E-state index contributed by atoms with van der Waals surface area (Å²) in [5.74, 6) is 1.43. The highest BCUT2D eigenvalue weighted by Gasteiger charge is 2.27. The summed E-state index contributed by atoms with van der Waals surface area (Å²) in [4.78, 5) is 19.5. The summed E-state index contributed by atoms with van der Waals surface area (Å²) in [5.41, 5.74) is 6.01. The number of benzene rings is 2. The Bertz CT molecular complexity index is 1180. The van der Waals surface area contributed by atoms with Gasteiger partial charge >= 0.3 is 5.69 Å². The van der Waals surface area contributed by atoms with Gasteiger partial charge in [-0.1, -0.05) is 29.4 Å². The second kappa shape index (κ2) is 6.71. The molecule has 0 amide bonds. The SMILES string of the molecule is Cc1ccccc1CN(Cc1cc(C2CC2)no1)c1ccc2[nH]c(=O)[nH]c2c1. The molecule has 0 aliphatic heterocycles. The first kappa shape index (κ1) is 16.9. The van der Waals surface area contributed by atoms with Crippen LogP contribution >= 0.6 is 0 Å². The summed E-state index contributed by atoms with van der Waals surface area (Å²) < 4.78 is 5.62. The third-order valence-electron chi connectivity index (χ3n) is 5.41. The molecule has 6 nitrogen and oxygen atoms in total. The first-order chi connectivity index (χ1) is 13.7. The van der Waals surface area contributed by atoms with Crippen molar-refractivity contribution < 1.29 is 4.52 Å². The van der Waals surface area contributed by atoms with E-state index in [1.54, 1.807) is 0 Å². The molecule has 0 unspecified atom stereocenters. The van der Waals surface area contributed by atoms with E-state index in [1.807, 2.05) is 18.2 Å². The van der Waals surface area contributed by atoms with E-state index in [-0.39, 0.29) is 5.69 Å². The van der Waals surface area contributed by atoms with E-state index >= 15 is 0 Å². The van der Waals surface area contributed by atoms with Gasteiger partial charge in [-0.3, -0.25) is 0 Å². The van der Waals surface area contributed by atoms with Gasteiger partial charge in [-0.05, 0) is 49.1 Å². The Morgan fingerprint density at radius 3 is 2.71 bits per heavy atom. The fourth-order valence-electron chi connectivity index (χ4n) is 3.61. The van der Waals surface area contributed by atoms with Crippen LogP contribution in [0.5, 0.6) is 0 Å². The summed E-state index contributed by atoms with van der Waals surface area (Å²) in [5, 5.41) is 4.25. The van der Waals surface area contributed by atoms with E-state index in [1.165, 1.54) is 24.0 Å². The Labute approximate surface area is 162 Å². The molecule has 2 N–H and O–H groups in total. The third kappa shape index (κ3) is 3.33. The molecule has 5 rings (SSSR count). The molecule has 142 valence electrons. The number of anilines is 1. The van der Waals surface area contributed by atoms with Crippen molar-refractivity contribution in [3.63, 3.8) is 0 Å². The van der Waals surface area contributed by atoms with Crippen LogP contribution in [0.2, 0.25) is 0 Å². The Kier molecular flexibility index (Phi) is 4.04. The van der Waals surface area contributed by atoms with Crippen molar-refractivity contribution in [2.24, 2.45) is 0 Å². The average molecular weight is 374 g/mol. The van der Waals surface area contributed by atoms with Gasteiger partial charge in [0.1, 0.15) is 0 Å². The van der Waals surface area contributed by atoms with Crippen LogP contribution in [-0.4, -0.2) is 15.1 Å². The first-order valence-corrected chi connectivity index (χ1v) is 9.63. The van der Waals surface area contributed by atoms with Crippen molar-refractivity contribution in [2.45, 2.75) is 38.8 Å². The van der Waals surface area contributed by atoms with Crippen LogP contribution in [-0.2, 0) is 13.1 Å². The van der Waals surface area contributed by atoms with Crippen molar-refractivity contribution in [3.05, 3.63) is 81.6 Å². The number of hydrogen-bond donors (Lipinski definition) is 2. The van der Waals surface area contributed by atoms with Gasteiger partial charge in [-0.25, -0.2) is 4.79 Å². The summed E-state index contributed by atoms with van der Waals surface area (Å²) in [7, 11) is 0. The Morgan fingerprint density at radius 2 is 1.89 bits per heavy atom. The Morgan fingerprint density at radius 1 is 1.07 bits per heavy atom. The first-order valence-electron chi connectivity index (χ1n) is 9.63. The molecule has 0 spiro atoms. The molecule has 4 aromatic rings. The minimum atomic E-state index is -0.193. The number of rotatable bonds is 6. The summed E-state index contributed by atoms with van der Waals surface area (Å²) in [6.45, 7) is 3.49. The molecule has 28 heavy (non-hydrogen) atoms. The van der Waals surface area contributed by atoms with Gasteiger partial charge in [0.2, 0.25) is 0 Å². The van der Waals surface area contributed by atoms with E-state index in [2.05, 4.69) is 57.3 Å². The molecule has 0 atom stereocenters. The van der Waals surface area contributed by atoms with Crippen LogP contribution in [0.3, 0.4) is 0 Å². The normalized spacial score (nSPS) is 13.9. The maximum absolute atomic E-state index is 11.6. The van der Waals surface area contributed by atoms with Crippen LogP contribution in [0.25, 0.3) is 11.0 Å². The highest BCUT2D eigenvalue weighted by Crippen LogP contribution is 2.39. The lowest BCUT2D eigenvalue weighted by atomic mass is 10.1. The quantitative estimate of drug-likeness (QED) is 0.529. The number of nitrogens with zero attached hydrogens (tertiary/aromatic N) is 2. The monoisotopic (exact) mass is 374 g/mol. The van der Waals surface area contributed by atoms with Gasteiger partial charge in [-0.2, -0.15) is 0 Å². The minimum absolute atomic E-state index is 0.193. The number of aromatic amines is 2. The lowest BCUT2D eigenvalue weighted by Crippen LogP contribution is -2.22. The molecule has 0 radical (unpaired) electrons. The number of hydrogen-bond acceptors (Lipinski definition) is 4. The molecular weight excluding hydrogens is 352 g/mol. The van der Waals surface area contributed by atoms with Crippen LogP contribution in [0.15, 0.2) is 57.8 Å². The Balaban J connectivity index is 1.49. The highest BCUT2D eigenvalue weighted by molar-refractivity contribution is 5.79. The second-order valence-electron chi connectivity index (χ2n) is 7.58. The zero-order valence-corrected chi connectivity index (χ0v) is 15.7. The predicted octanol–water partition coefficient (Wildman–Crippen LogP) is 4.24. The van der Waals surface area contributed by atoms with Crippen LogP contribution in [0.1, 0.15) is 41.3 Å². The molecule has 1 fully saturated rings. The largest absolute Gasteiger partial charge is 0.360 e. The van der Waals surface area contributed by atoms with Crippen molar-refractivity contribution >= 4 is 16.7 Å². The number of fused-ring (bicyclic) bond motifs is 1. The number of H-pyrrole nitrogens is 2. The van der Waals surface area contributed by atoms with Gasteiger partial charge in [0.25, 0.3) is 0 Å². The van der Waals surface area contributed by atoms with Crippen molar-refractivity contribution in [3.8, 4) is 0 Å². The summed E-state index contributed by atoms with van der Waals surface area (Å²) in [6.07, 6.45) is 2.41. The standard InChI is InChI=1S/C22H22N4O2/c1-14-4-2-3-5-16(14)12-26(13-18-11-20(25-28-18)15-6-7-15)17-8-9-19-21(10-17)24-22(27)23-19/h2-5,8-11,15H,6-7,12-13H2,1H3,(H2,23,24,27). The molecule has 1 aliphatic carbocycles. The van der Waals surface area contributed by atoms with Crippen molar-refractivity contribution in [1.29, 1.82) is 0 Å². The van der Waals surface area contributed by atoms with Gasteiger partial charge in [-0.15, -0.1) is 0 Å².